The number of carbonyl (C=O) groups is 1. The molecule has 0 rings (SSSR count). The Hall–Kier alpha value is -0.150. The van der Waals surface area contributed by atoms with Crippen LogP contribution >= 0.6 is 23.4 Å². The molecule has 0 aliphatic carbocycles. The molecule has 0 spiro atoms. The van der Waals surface area contributed by atoms with E-state index < -0.39 is 5.97 Å². The summed E-state index contributed by atoms with van der Waals surface area (Å²) in [6.07, 6.45) is 0. The Labute approximate surface area is 69.3 Å². The number of thioether (sulfide) groups is 1. The summed E-state index contributed by atoms with van der Waals surface area (Å²) in [5.41, 5.74) is 2.46. The highest BCUT2D eigenvalue weighted by atomic mass is 35.5. The minimum atomic E-state index is -0.785. The number of carboxylic acid groups (broad SMARTS) is 1. The summed E-state index contributed by atoms with van der Waals surface area (Å²) in [6, 6.07) is 0. The largest absolute Gasteiger partial charge is 0.481 e. The molecule has 4 heteroatoms. The molecule has 0 saturated carbocycles. The standard InChI is InChI=1S/C6H9ClO2S/c1-5(2-7)3-10-4-6(8)9/h2H,3-4H2,1H3,(H,8,9). The zero-order valence-corrected chi connectivity index (χ0v) is 7.21. The van der Waals surface area contributed by atoms with E-state index in [-0.39, 0.29) is 5.75 Å². The summed E-state index contributed by atoms with van der Waals surface area (Å²) >= 11 is 6.69. The number of hydrogen-bond donors (Lipinski definition) is 1. The van der Waals surface area contributed by atoms with Crippen molar-refractivity contribution in [1.29, 1.82) is 0 Å². The van der Waals surface area contributed by atoms with Crippen LogP contribution in [-0.2, 0) is 4.79 Å². The molecule has 0 radical (unpaired) electrons. The smallest absolute Gasteiger partial charge is 0.313 e. The first-order chi connectivity index (χ1) is 4.66. The zero-order valence-electron chi connectivity index (χ0n) is 5.63. The van der Waals surface area contributed by atoms with Gasteiger partial charge in [0.2, 0.25) is 0 Å². The predicted octanol–water partition coefficient (Wildman–Crippen LogP) is 1.95. The van der Waals surface area contributed by atoms with Gasteiger partial charge in [-0.3, -0.25) is 4.79 Å². The van der Waals surface area contributed by atoms with E-state index in [0.717, 1.165) is 5.57 Å². The monoisotopic (exact) mass is 180 g/mol. The van der Waals surface area contributed by atoms with Gasteiger partial charge >= 0.3 is 5.97 Å². The maximum absolute atomic E-state index is 10.00. The van der Waals surface area contributed by atoms with E-state index in [1.165, 1.54) is 17.3 Å². The van der Waals surface area contributed by atoms with E-state index >= 15 is 0 Å². The molecule has 0 saturated heterocycles. The van der Waals surface area contributed by atoms with Crippen molar-refractivity contribution in [3.8, 4) is 0 Å². The first kappa shape index (κ1) is 9.85. The molecule has 0 aromatic heterocycles. The third kappa shape index (κ3) is 5.98. The molecule has 0 heterocycles. The van der Waals surface area contributed by atoms with Gasteiger partial charge in [-0.05, 0) is 6.92 Å². The molecule has 0 aliphatic rings. The summed E-state index contributed by atoms with van der Waals surface area (Å²) in [5, 5.41) is 8.23. The number of hydrogen-bond acceptors (Lipinski definition) is 2. The Morgan fingerprint density at radius 2 is 2.30 bits per heavy atom. The van der Waals surface area contributed by atoms with Gasteiger partial charge in [0.05, 0.1) is 5.75 Å². The summed E-state index contributed by atoms with van der Waals surface area (Å²) in [6.45, 7) is 1.86. The first-order valence-corrected chi connectivity index (χ1v) is 4.31. The Balaban J connectivity index is 3.29. The summed E-state index contributed by atoms with van der Waals surface area (Å²) in [7, 11) is 0. The van der Waals surface area contributed by atoms with Gasteiger partial charge in [0, 0.05) is 11.3 Å². The van der Waals surface area contributed by atoms with Crippen LogP contribution in [0.15, 0.2) is 11.1 Å². The third-order valence-corrected chi connectivity index (χ3v) is 2.22. The van der Waals surface area contributed by atoms with Gasteiger partial charge in [-0.25, -0.2) is 0 Å². The van der Waals surface area contributed by atoms with Crippen LogP contribution in [0.1, 0.15) is 6.92 Å². The topological polar surface area (TPSA) is 37.3 Å². The quantitative estimate of drug-likeness (QED) is 0.719. The van der Waals surface area contributed by atoms with Crippen molar-refractivity contribution >= 4 is 29.3 Å². The van der Waals surface area contributed by atoms with Gasteiger partial charge in [0.15, 0.2) is 0 Å². The predicted molar refractivity (Wildman–Crippen MR) is 44.6 cm³/mol. The molecule has 0 aliphatic heterocycles. The lowest BCUT2D eigenvalue weighted by Crippen LogP contribution is -1.98. The molecule has 2 nitrogen and oxygen atoms in total. The molecule has 0 fully saturated rings. The van der Waals surface area contributed by atoms with E-state index in [4.69, 9.17) is 16.7 Å². The van der Waals surface area contributed by atoms with Crippen molar-refractivity contribution in [3.63, 3.8) is 0 Å². The second kappa shape index (κ2) is 5.62. The van der Waals surface area contributed by atoms with Crippen molar-refractivity contribution < 1.29 is 9.90 Å². The van der Waals surface area contributed by atoms with Crippen molar-refractivity contribution in [2.24, 2.45) is 0 Å². The minimum absolute atomic E-state index is 0.141. The molecule has 10 heavy (non-hydrogen) atoms. The Morgan fingerprint density at radius 3 is 2.70 bits per heavy atom. The molecule has 0 aromatic rings. The van der Waals surface area contributed by atoms with Crippen LogP contribution in [0.25, 0.3) is 0 Å². The highest BCUT2D eigenvalue weighted by molar-refractivity contribution is 8.00. The van der Waals surface area contributed by atoms with Crippen LogP contribution in [0.2, 0.25) is 0 Å². The average molecular weight is 181 g/mol. The van der Waals surface area contributed by atoms with Gasteiger partial charge in [0.1, 0.15) is 0 Å². The maximum atomic E-state index is 10.00. The van der Waals surface area contributed by atoms with Crippen molar-refractivity contribution in [3.05, 3.63) is 11.1 Å². The number of carboxylic acids is 1. The van der Waals surface area contributed by atoms with E-state index in [0.29, 0.717) is 5.75 Å². The molecule has 0 amide bonds. The molecule has 0 unspecified atom stereocenters. The Kier molecular flexibility index (Phi) is 5.54. The van der Waals surface area contributed by atoms with E-state index in [1.54, 1.807) is 0 Å². The van der Waals surface area contributed by atoms with Gasteiger partial charge in [0.25, 0.3) is 0 Å². The Bertz CT molecular complexity index is 145. The van der Waals surface area contributed by atoms with E-state index in [2.05, 4.69) is 0 Å². The van der Waals surface area contributed by atoms with Crippen LogP contribution in [0.4, 0.5) is 0 Å². The van der Waals surface area contributed by atoms with E-state index in [1.807, 2.05) is 6.92 Å². The minimum Gasteiger partial charge on any atom is -0.481 e. The lowest BCUT2D eigenvalue weighted by Gasteiger charge is -1.95. The molecule has 0 bridgehead atoms. The zero-order chi connectivity index (χ0) is 7.98. The van der Waals surface area contributed by atoms with Crippen LogP contribution in [0.3, 0.4) is 0 Å². The number of aliphatic carboxylic acids is 1. The fourth-order valence-corrected chi connectivity index (χ4v) is 1.18. The highest BCUT2D eigenvalue weighted by Crippen LogP contribution is 2.07. The lowest BCUT2D eigenvalue weighted by atomic mass is 10.4. The molecular weight excluding hydrogens is 172 g/mol. The maximum Gasteiger partial charge on any atom is 0.313 e. The Morgan fingerprint density at radius 1 is 1.70 bits per heavy atom. The van der Waals surface area contributed by atoms with Crippen molar-refractivity contribution in [2.45, 2.75) is 6.92 Å². The molecular formula is C6H9ClO2S. The SMILES string of the molecule is CC(=CCl)CSCC(=O)O. The fourth-order valence-electron chi connectivity index (χ4n) is 0.331. The van der Waals surface area contributed by atoms with Gasteiger partial charge in [-0.1, -0.05) is 17.2 Å². The van der Waals surface area contributed by atoms with Crippen LogP contribution < -0.4 is 0 Å². The van der Waals surface area contributed by atoms with Crippen molar-refractivity contribution in [1.82, 2.24) is 0 Å². The summed E-state index contributed by atoms with van der Waals surface area (Å²) in [5.74, 6) is 0.0464. The van der Waals surface area contributed by atoms with Crippen LogP contribution in [-0.4, -0.2) is 22.6 Å². The third-order valence-electron chi connectivity index (χ3n) is 0.742. The van der Waals surface area contributed by atoms with Crippen LogP contribution in [0, 0.1) is 0 Å². The van der Waals surface area contributed by atoms with Crippen molar-refractivity contribution in [2.75, 3.05) is 11.5 Å². The lowest BCUT2D eigenvalue weighted by molar-refractivity contribution is -0.133. The summed E-state index contributed by atoms with van der Waals surface area (Å²) in [4.78, 5) is 10.00. The highest BCUT2D eigenvalue weighted by Gasteiger charge is 1.96. The van der Waals surface area contributed by atoms with Gasteiger partial charge in [-0.15, -0.1) is 11.8 Å². The number of halogens is 1. The second-order valence-corrected chi connectivity index (χ2v) is 3.05. The van der Waals surface area contributed by atoms with Crippen LogP contribution in [0.5, 0.6) is 0 Å². The normalized spacial score (nSPS) is 11.6. The molecule has 0 aromatic carbocycles. The molecule has 58 valence electrons. The number of rotatable bonds is 4. The first-order valence-electron chi connectivity index (χ1n) is 2.72. The van der Waals surface area contributed by atoms with Gasteiger partial charge in [-0.2, -0.15) is 0 Å². The fraction of sp³-hybridized carbons (Fsp3) is 0.500. The van der Waals surface area contributed by atoms with E-state index in [9.17, 15) is 4.79 Å². The van der Waals surface area contributed by atoms with Gasteiger partial charge < -0.3 is 5.11 Å². The summed E-state index contributed by atoms with van der Waals surface area (Å²) < 4.78 is 0. The molecule has 0 atom stereocenters. The second-order valence-electron chi connectivity index (χ2n) is 1.84. The molecule has 1 N–H and O–H groups in total. The average Bonchev–Trinajstić information content (AvgIpc) is 1.87.